The lowest BCUT2D eigenvalue weighted by Crippen LogP contribution is -3.00. The van der Waals surface area contributed by atoms with Crippen LogP contribution >= 0.6 is 15.9 Å². The number of hydrogen-bond acceptors (Lipinski definition) is 2. The van der Waals surface area contributed by atoms with Gasteiger partial charge in [-0.2, -0.15) is 4.57 Å². The maximum absolute atomic E-state index is 12.0. The zero-order chi connectivity index (χ0) is 13.8. The van der Waals surface area contributed by atoms with Gasteiger partial charge in [0.25, 0.3) is 0 Å². The number of carboxylic acids is 1. The summed E-state index contributed by atoms with van der Waals surface area (Å²) in [6.07, 6.45) is 3.11. The summed E-state index contributed by atoms with van der Waals surface area (Å²) in [5.74, 6) is -1.08. The predicted molar refractivity (Wildman–Crippen MR) is 72.1 cm³/mol. The number of carbonyl (C=O) groups excluding carboxylic acids is 1. The molecule has 0 saturated carbocycles. The van der Waals surface area contributed by atoms with Crippen molar-refractivity contribution in [2.75, 3.05) is 0 Å². The van der Waals surface area contributed by atoms with Crippen LogP contribution in [0.1, 0.15) is 20.7 Å². The third-order valence-electron chi connectivity index (χ3n) is 2.60. The van der Waals surface area contributed by atoms with Crippen LogP contribution in [0, 0.1) is 0 Å². The molecule has 2 rings (SSSR count). The van der Waals surface area contributed by atoms with Gasteiger partial charge in [0.1, 0.15) is 5.56 Å². The summed E-state index contributed by atoms with van der Waals surface area (Å²) >= 11 is 3.31. The second-order valence-corrected chi connectivity index (χ2v) is 4.92. The Morgan fingerprint density at radius 2 is 1.75 bits per heavy atom. The number of rotatable bonds is 4. The Morgan fingerprint density at radius 1 is 1.10 bits per heavy atom. The van der Waals surface area contributed by atoms with Gasteiger partial charge in [-0.05, 0) is 18.2 Å². The van der Waals surface area contributed by atoms with Gasteiger partial charge in [-0.3, -0.25) is 4.79 Å². The number of aromatic nitrogens is 1. The van der Waals surface area contributed by atoms with Crippen LogP contribution in [0.5, 0.6) is 0 Å². The Balaban J connectivity index is 0.00000200. The van der Waals surface area contributed by atoms with Crippen LogP contribution in [0.3, 0.4) is 0 Å². The normalized spacial score (nSPS) is 9.65. The van der Waals surface area contributed by atoms with Gasteiger partial charge in [-0.1, -0.05) is 28.1 Å². The highest BCUT2D eigenvalue weighted by atomic mass is 79.9. The van der Waals surface area contributed by atoms with E-state index in [4.69, 9.17) is 5.11 Å². The molecule has 0 aliphatic heterocycles. The van der Waals surface area contributed by atoms with Crippen molar-refractivity contribution in [3.63, 3.8) is 0 Å². The van der Waals surface area contributed by atoms with E-state index in [0.717, 1.165) is 4.47 Å². The number of aromatic carboxylic acids is 1. The molecule has 0 fully saturated rings. The Morgan fingerprint density at radius 3 is 2.35 bits per heavy atom. The summed E-state index contributed by atoms with van der Waals surface area (Å²) in [5, 5.41) is 8.89. The molecular weight excluding hydrogens is 390 g/mol. The Labute approximate surface area is 135 Å². The van der Waals surface area contributed by atoms with E-state index >= 15 is 0 Å². The van der Waals surface area contributed by atoms with Gasteiger partial charge in [-0.15, -0.1) is 0 Å². The lowest BCUT2D eigenvalue weighted by molar-refractivity contribution is -0.683. The zero-order valence-electron chi connectivity index (χ0n) is 10.3. The summed E-state index contributed by atoms with van der Waals surface area (Å²) in [4.78, 5) is 22.9. The van der Waals surface area contributed by atoms with E-state index in [1.54, 1.807) is 41.1 Å². The van der Waals surface area contributed by atoms with Crippen molar-refractivity contribution in [3.05, 3.63) is 64.4 Å². The van der Waals surface area contributed by atoms with Gasteiger partial charge in [0.15, 0.2) is 12.4 Å². The molecule has 1 N–H and O–H groups in total. The van der Waals surface area contributed by atoms with Crippen molar-refractivity contribution < 1.29 is 36.2 Å². The fourth-order valence-corrected chi connectivity index (χ4v) is 1.90. The predicted octanol–water partition coefficient (Wildman–Crippen LogP) is -0.678. The number of carboxylic acid groups (broad SMARTS) is 1. The highest BCUT2D eigenvalue weighted by Crippen LogP contribution is 2.10. The Hall–Kier alpha value is -1.53. The molecule has 2 aromatic rings. The Bertz CT molecular complexity index is 627. The lowest BCUT2D eigenvalue weighted by Gasteiger charge is -1.99. The highest BCUT2D eigenvalue weighted by molar-refractivity contribution is 9.10. The largest absolute Gasteiger partial charge is 1.00 e. The molecule has 0 unspecified atom stereocenters. The molecule has 104 valence electrons. The van der Waals surface area contributed by atoms with Gasteiger partial charge in [0.05, 0.1) is 0 Å². The molecule has 0 aliphatic rings. The minimum atomic E-state index is -1.01. The van der Waals surface area contributed by atoms with Crippen LogP contribution in [0.4, 0.5) is 0 Å². The fourth-order valence-electron chi connectivity index (χ4n) is 1.64. The number of ketones is 1. The van der Waals surface area contributed by atoms with E-state index in [-0.39, 0.29) is 34.9 Å². The van der Waals surface area contributed by atoms with E-state index in [0.29, 0.717) is 5.56 Å². The first-order chi connectivity index (χ1) is 9.06. The van der Waals surface area contributed by atoms with Gasteiger partial charge in [0.2, 0.25) is 12.3 Å². The number of nitrogens with zero attached hydrogens (tertiary/aromatic N) is 1. The van der Waals surface area contributed by atoms with Gasteiger partial charge in [0, 0.05) is 16.1 Å². The zero-order valence-corrected chi connectivity index (χ0v) is 13.5. The molecule has 0 atom stereocenters. The molecule has 4 nitrogen and oxygen atoms in total. The Kier molecular flexibility index (Phi) is 6.04. The minimum Gasteiger partial charge on any atom is -1.00 e. The van der Waals surface area contributed by atoms with Gasteiger partial charge >= 0.3 is 5.97 Å². The van der Waals surface area contributed by atoms with Gasteiger partial charge in [-0.25, -0.2) is 4.79 Å². The van der Waals surface area contributed by atoms with E-state index in [1.165, 1.54) is 12.3 Å². The average molecular weight is 401 g/mol. The number of carbonyl (C=O) groups is 2. The molecule has 0 spiro atoms. The van der Waals surface area contributed by atoms with Crippen molar-refractivity contribution in [2.45, 2.75) is 6.54 Å². The van der Waals surface area contributed by atoms with Crippen molar-refractivity contribution >= 4 is 27.7 Å². The van der Waals surface area contributed by atoms with Crippen molar-refractivity contribution in [1.82, 2.24) is 0 Å². The SMILES string of the molecule is O=C(O)c1ccc[n+](CC(=O)c2ccc(Br)cc2)c1.[Br-]. The number of Topliss-reactive ketones (excluding diaryl/α,β-unsaturated/α-hetero) is 1. The number of hydrogen-bond donors (Lipinski definition) is 1. The summed E-state index contributed by atoms with van der Waals surface area (Å²) in [7, 11) is 0. The highest BCUT2D eigenvalue weighted by Gasteiger charge is 2.14. The summed E-state index contributed by atoms with van der Waals surface area (Å²) in [5.41, 5.74) is 0.752. The number of pyridine rings is 1. The molecular formula is C14H11Br2NO3. The van der Waals surface area contributed by atoms with E-state index in [2.05, 4.69) is 15.9 Å². The van der Waals surface area contributed by atoms with E-state index in [1.807, 2.05) is 0 Å². The second kappa shape index (κ2) is 7.31. The maximum atomic E-state index is 12.0. The summed E-state index contributed by atoms with van der Waals surface area (Å²) in [6.45, 7) is 0.114. The molecule has 6 heteroatoms. The van der Waals surface area contributed by atoms with E-state index < -0.39 is 5.97 Å². The second-order valence-electron chi connectivity index (χ2n) is 4.00. The van der Waals surface area contributed by atoms with Crippen molar-refractivity contribution in [1.29, 1.82) is 0 Å². The van der Waals surface area contributed by atoms with E-state index in [9.17, 15) is 9.59 Å². The molecule has 0 aliphatic carbocycles. The van der Waals surface area contributed by atoms with Crippen LogP contribution in [-0.2, 0) is 6.54 Å². The number of benzene rings is 1. The molecule has 20 heavy (non-hydrogen) atoms. The standard InChI is InChI=1S/C14H10BrNO3.BrH/c15-12-5-3-10(4-6-12)13(17)9-16-7-1-2-11(8-16)14(18)19;/h1-8H,9H2;1H. The molecule has 1 heterocycles. The molecule has 0 amide bonds. The molecule has 0 radical (unpaired) electrons. The van der Waals surface area contributed by atoms with Crippen molar-refractivity contribution in [2.24, 2.45) is 0 Å². The van der Waals surface area contributed by atoms with Crippen LogP contribution in [-0.4, -0.2) is 16.9 Å². The first-order valence-electron chi connectivity index (χ1n) is 5.57. The first kappa shape index (κ1) is 16.5. The van der Waals surface area contributed by atoms with Crippen LogP contribution in [0.2, 0.25) is 0 Å². The summed E-state index contributed by atoms with van der Waals surface area (Å²) < 4.78 is 2.47. The number of halogens is 2. The third-order valence-corrected chi connectivity index (χ3v) is 3.13. The van der Waals surface area contributed by atoms with Gasteiger partial charge < -0.3 is 22.1 Å². The first-order valence-corrected chi connectivity index (χ1v) is 6.37. The molecule has 1 aromatic carbocycles. The topological polar surface area (TPSA) is 58.2 Å². The summed E-state index contributed by atoms with van der Waals surface area (Å²) in [6, 6.07) is 10.2. The molecule has 0 saturated heterocycles. The molecule has 0 bridgehead atoms. The minimum absolute atomic E-state index is 0. The quantitative estimate of drug-likeness (QED) is 0.546. The third kappa shape index (κ3) is 4.25. The van der Waals surface area contributed by atoms with Crippen LogP contribution in [0.25, 0.3) is 0 Å². The lowest BCUT2D eigenvalue weighted by atomic mass is 10.1. The maximum Gasteiger partial charge on any atom is 0.341 e. The van der Waals surface area contributed by atoms with Crippen LogP contribution < -0.4 is 21.5 Å². The monoisotopic (exact) mass is 399 g/mol. The van der Waals surface area contributed by atoms with Crippen molar-refractivity contribution in [3.8, 4) is 0 Å². The fraction of sp³-hybridized carbons (Fsp3) is 0.0714. The smallest absolute Gasteiger partial charge is 0.341 e. The van der Waals surface area contributed by atoms with Crippen LogP contribution in [0.15, 0.2) is 53.3 Å². The average Bonchev–Trinajstić information content (AvgIpc) is 2.39. The molecule has 1 aromatic heterocycles.